The summed E-state index contributed by atoms with van der Waals surface area (Å²) in [5.41, 5.74) is 2.93. The molecule has 1 aromatic heterocycles. The first-order chi connectivity index (χ1) is 14.4. The summed E-state index contributed by atoms with van der Waals surface area (Å²) in [6.45, 7) is 6.66. The molecule has 2 aromatic rings. The second-order valence-electron chi connectivity index (χ2n) is 7.37. The fourth-order valence-corrected chi connectivity index (χ4v) is 4.48. The number of ether oxygens (including phenoxy) is 2. The van der Waals surface area contributed by atoms with E-state index in [1.165, 1.54) is 0 Å². The van der Waals surface area contributed by atoms with Gasteiger partial charge in [-0.25, -0.2) is 8.42 Å². The van der Waals surface area contributed by atoms with Crippen molar-refractivity contribution in [2.24, 2.45) is 5.92 Å². The first kappa shape index (κ1) is 22.0. The molecular weight excluding hydrogens is 400 g/mol. The van der Waals surface area contributed by atoms with Crippen molar-refractivity contribution in [3.05, 3.63) is 60.3 Å². The smallest absolute Gasteiger partial charge is 0.153 e. The lowest BCUT2D eigenvalue weighted by Crippen LogP contribution is -2.37. The van der Waals surface area contributed by atoms with Crippen LogP contribution in [0.1, 0.15) is 25.3 Å². The Balaban J connectivity index is 1.61. The Hall–Kier alpha value is -2.69. The van der Waals surface area contributed by atoms with Crippen LogP contribution in [0.15, 0.2) is 54.7 Å². The van der Waals surface area contributed by atoms with Crippen LogP contribution in [-0.2, 0) is 14.6 Å². The van der Waals surface area contributed by atoms with Gasteiger partial charge in [-0.05, 0) is 49.2 Å². The number of aromatic nitrogens is 1. The van der Waals surface area contributed by atoms with Crippen molar-refractivity contribution in [3.8, 4) is 23.1 Å². The SMILES string of the molecule is C=C(CS(=O)(=O)CC)C1CCCO[C@@H]1COc1ccc(-c2ccc(C#N)cn2)cc1. The third-order valence-electron chi connectivity index (χ3n) is 5.27. The van der Waals surface area contributed by atoms with E-state index in [2.05, 4.69) is 17.6 Å². The van der Waals surface area contributed by atoms with Crippen LogP contribution in [-0.4, -0.2) is 44.2 Å². The van der Waals surface area contributed by atoms with Crippen molar-refractivity contribution in [2.75, 3.05) is 24.7 Å². The quantitative estimate of drug-likeness (QED) is 0.597. The van der Waals surface area contributed by atoms with E-state index in [0.29, 0.717) is 30.1 Å². The van der Waals surface area contributed by atoms with Crippen molar-refractivity contribution in [2.45, 2.75) is 25.9 Å². The minimum atomic E-state index is -3.11. The third-order valence-corrected chi connectivity index (χ3v) is 6.96. The molecule has 7 heteroatoms. The maximum atomic E-state index is 12.0. The van der Waals surface area contributed by atoms with Crippen LogP contribution < -0.4 is 4.74 Å². The highest BCUT2D eigenvalue weighted by Crippen LogP contribution is 2.29. The van der Waals surface area contributed by atoms with Crippen molar-refractivity contribution in [3.63, 3.8) is 0 Å². The van der Waals surface area contributed by atoms with Crippen LogP contribution >= 0.6 is 0 Å². The Morgan fingerprint density at radius 2 is 2.07 bits per heavy atom. The molecule has 1 saturated heterocycles. The van der Waals surface area contributed by atoms with Gasteiger partial charge in [0.05, 0.1) is 23.1 Å². The summed E-state index contributed by atoms with van der Waals surface area (Å²) in [6, 6.07) is 13.2. The lowest BCUT2D eigenvalue weighted by atomic mass is 9.89. The summed E-state index contributed by atoms with van der Waals surface area (Å²) in [6.07, 6.45) is 3.08. The molecule has 0 N–H and O–H groups in total. The molecular formula is C23H26N2O4S. The molecule has 0 bridgehead atoms. The third kappa shape index (κ3) is 5.68. The highest BCUT2D eigenvalue weighted by molar-refractivity contribution is 7.91. The summed E-state index contributed by atoms with van der Waals surface area (Å²) < 4.78 is 35.7. The molecule has 1 aromatic carbocycles. The lowest BCUT2D eigenvalue weighted by molar-refractivity contribution is -0.0383. The van der Waals surface area contributed by atoms with E-state index in [-0.39, 0.29) is 23.5 Å². The van der Waals surface area contributed by atoms with Crippen LogP contribution in [0.25, 0.3) is 11.3 Å². The van der Waals surface area contributed by atoms with Crippen LogP contribution in [0.2, 0.25) is 0 Å². The molecule has 1 aliphatic heterocycles. The van der Waals surface area contributed by atoms with Gasteiger partial charge in [0.25, 0.3) is 0 Å². The molecule has 0 saturated carbocycles. The van der Waals surface area contributed by atoms with Crippen LogP contribution in [0, 0.1) is 17.2 Å². The maximum absolute atomic E-state index is 12.0. The van der Waals surface area contributed by atoms with Crippen molar-refractivity contribution in [1.29, 1.82) is 5.26 Å². The Kier molecular flexibility index (Phi) is 7.24. The highest BCUT2D eigenvalue weighted by Gasteiger charge is 2.30. The van der Waals surface area contributed by atoms with E-state index in [9.17, 15) is 8.42 Å². The van der Waals surface area contributed by atoms with Crippen LogP contribution in [0.5, 0.6) is 5.75 Å². The molecule has 2 heterocycles. The number of pyridine rings is 1. The fourth-order valence-electron chi connectivity index (χ4n) is 3.49. The summed E-state index contributed by atoms with van der Waals surface area (Å²) in [7, 11) is -3.11. The van der Waals surface area contributed by atoms with Gasteiger partial charge in [-0.1, -0.05) is 19.1 Å². The molecule has 0 amide bonds. The van der Waals surface area contributed by atoms with Gasteiger partial charge in [0.1, 0.15) is 18.4 Å². The molecule has 158 valence electrons. The molecule has 0 aliphatic carbocycles. The van der Waals surface area contributed by atoms with Gasteiger partial charge in [-0.2, -0.15) is 5.26 Å². The predicted molar refractivity (Wildman–Crippen MR) is 116 cm³/mol. The zero-order valence-corrected chi connectivity index (χ0v) is 17.9. The largest absolute Gasteiger partial charge is 0.491 e. The van der Waals surface area contributed by atoms with E-state index in [1.807, 2.05) is 30.3 Å². The van der Waals surface area contributed by atoms with Crippen LogP contribution in [0.3, 0.4) is 0 Å². The Morgan fingerprint density at radius 3 is 2.70 bits per heavy atom. The zero-order chi connectivity index (χ0) is 21.6. The summed E-state index contributed by atoms with van der Waals surface area (Å²) in [5, 5.41) is 8.87. The molecule has 3 rings (SSSR count). The Bertz CT molecular complexity index is 1010. The van der Waals surface area contributed by atoms with Gasteiger partial charge in [0.15, 0.2) is 9.84 Å². The highest BCUT2D eigenvalue weighted by atomic mass is 32.2. The van der Waals surface area contributed by atoms with Crippen LogP contribution in [0.4, 0.5) is 0 Å². The minimum Gasteiger partial charge on any atom is -0.491 e. The predicted octanol–water partition coefficient (Wildman–Crippen LogP) is 3.79. The number of nitriles is 1. The standard InChI is InChI=1S/C23H26N2O4S/c1-3-30(26,27)16-17(2)21-5-4-12-28-23(21)15-29-20-9-7-19(8-10-20)22-11-6-18(13-24)14-25-22/h6-11,14,21,23H,2-5,12,15-16H2,1H3/t21?,23-/m1/s1. The summed E-state index contributed by atoms with van der Waals surface area (Å²) in [4.78, 5) is 4.29. The first-order valence-electron chi connectivity index (χ1n) is 10.0. The molecule has 30 heavy (non-hydrogen) atoms. The topological polar surface area (TPSA) is 89.3 Å². The number of rotatable bonds is 8. The number of benzene rings is 1. The van der Waals surface area contributed by atoms with Gasteiger partial charge in [-0.15, -0.1) is 0 Å². The van der Waals surface area contributed by atoms with Crippen molar-refractivity contribution >= 4 is 9.84 Å². The average molecular weight is 427 g/mol. The van der Waals surface area contributed by atoms with Gasteiger partial charge in [0, 0.05) is 30.0 Å². The van der Waals surface area contributed by atoms with Gasteiger partial charge < -0.3 is 9.47 Å². The number of nitrogens with zero attached hydrogens (tertiary/aromatic N) is 2. The summed E-state index contributed by atoms with van der Waals surface area (Å²) in [5.74, 6) is 0.788. The first-order valence-corrected chi connectivity index (χ1v) is 11.8. The average Bonchev–Trinajstić information content (AvgIpc) is 2.78. The molecule has 1 aliphatic rings. The monoisotopic (exact) mass is 426 g/mol. The minimum absolute atomic E-state index is 0.000312. The van der Waals surface area contributed by atoms with Crippen molar-refractivity contribution in [1.82, 2.24) is 4.98 Å². The lowest BCUT2D eigenvalue weighted by Gasteiger charge is -2.33. The second kappa shape index (κ2) is 9.88. The number of hydrogen-bond donors (Lipinski definition) is 0. The molecule has 0 spiro atoms. The molecule has 2 atom stereocenters. The van der Waals surface area contributed by atoms with E-state index in [4.69, 9.17) is 14.7 Å². The van der Waals surface area contributed by atoms with Gasteiger partial charge >= 0.3 is 0 Å². The van der Waals surface area contributed by atoms with Crippen molar-refractivity contribution < 1.29 is 17.9 Å². The molecule has 6 nitrogen and oxygen atoms in total. The maximum Gasteiger partial charge on any atom is 0.153 e. The van der Waals surface area contributed by atoms with E-state index in [1.54, 1.807) is 19.2 Å². The fraction of sp³-hybridized carbons (Fsp3) is 0.391. The van der Waals surface area contributed by atoms with E-state index < -0.39 is 9.84 Å². The zero-order valence-electron chi connectivity index (χ0n) is 17.1. The summed E-state index contributed by atoms with van der Waals surface area (Å²) >= 11 is 0. The molecule has 1 fully saturated rings. The number of hydrogen-bond acceptors (Lipinski definition) is 6. The molecule has 1 unspecified atom stereocenters. The normalized spacial score (nSPS) is 19.1. The second-order valence-corrected chi connectivity index (χ2v) is 9.73. The molecule has 0 radical (unpaired) electrons. The van der Waals surface area contributed by atoms with Gasteiger partial charge in [0.2, 0.25) is 0 Å². The van der Waals surface area contributed by atoms with E-state index >= 15 is 0 Å². The Labute approximate surface area is 178 Å². The van der Waals surface area contributed by atoms with E-state index in [0.717, 1.165) is 24.1 Å². The van der Waals surface area contributed by atoms with Gasteiger partial charge in [-0.3, -0.25) is 4.98 Å². The number of sulfone groups is 1. The Morgan fingerprint density at radius 1 is 1.30 bits per heavy atom.